The van der Waals surface area contributed by atoms with Gasteiger partial charge in [-0.1, -0.05) is 30.4 Å². The number of para-hydroxylation sites is 1. The predicted molar refractivity (Wildman–Crippen MR) is 108 cm³/mol. The molecular weight excluding hydrogens is 401 g/mol. The third-order valence-corrected chi connectivity index (χ3v) is 6.48. The Bertz CT molecular complexity index is 978. The number of benzene rings is 1. The molecule has 9 heteroatoms. The zero-order valence-electron chi connectivity index (χ0n) is 16.2. The Labute approximate surface area is 170 Å². The maximum Gasteiger partial charge on any atom is 0.436 e. The molecule has 1 atom stereocenters. The number of rotatable bonds is 3. The van der Waals surface area contributed by atoms with Crippen molar-refractivity contribution in [1.29, 1.82) is 0 Å². The van der Waals surface area contributed by atoms with Crippen LogP contribution in [0.15, 0.2) is 40.6 Å². The molecule has 0 saturated carbocycles. The molecule has 0 bridgehead atoms. The van der Waals surface area contributed by atoms with E-state index < -0.39 is 17.8 Å². The number of nitrogens with zero attached hydrogens (tertiary/aromatic N) is 4. The van der Waals surface area contributed by atoms with Gasteiger partial charge >= 0.3 is 6.18 Å². The lowest BCUT2D eigenvalue weighted by Crippen LogP contribution is -2.40. The minimum atomic E-state index is -4.73. The number of fused-ring (bicyclic) bond motifs is 1. The second kappa shape index (κ2) is 7.44. The molecule has 154 valence electrons. The number of hydrogen-bond acceptors (Lipinski definition) is 5. The number of aromatic nitrogens is 1. The van der Waals surface area contributed by atoms with Crippen molar-refractivity contribution in [3.8, 4) is 0 Å². The average Bonchev–Trinajstić information content (AvgIpc) is 3.28. The summed E-state index contributed by atoms with van der Waals surface area (Å²) in [5, 5.41) is 4.64. The minimum Gasteiger partial charge on any atom is -0.371 e. The Balaban J connectivity index is 1.79. The highest BCUT2D eigenvalue weighted by molar-refractivity contribution is 7.22. The second-order valence-electron chi connectivity index (χ2n) is 7.24. The van der Waals surface area contributed by atoms with Crippen LogP contribution >= 0.6 is 11.3 Å². The van der Waals surface area contributed by atoms with Gasteiger partial charge in [-0.15, -0.1) is 0 Å². The van der Waals surface area contributed by atoms with Crippen LogP contribution in [0.5, 0.6) is 0 Å². The molecule has 0 radical (unpaired) electrons. The van der Waals surface area contributed by atoms with E-state index in [2.05, 4.69) is 10.1 Å². The van der Waals surface area contributed by atoms with E-state index in [9.17, 15) is 18.0 Å². The van der Waals surface area contributed by atoms with Crippen LogP contribution in [0.3, 0.4) is 0 Å². The van der Waals surface area contributed by atoms with Crippen LogP contribution in [0.2, 0.25) is 0 Å². The fourth-order valence-electron chi connectivity index (χ4n) is 4.02. The first-order valence-corrected chi connectivity index (χ1v) is 10.5. The SMILES string of the molecule is CC[C@H]1CCCCN1/C(C)=C1/C(=O)N(c2nc3ccccc3s2)N=C1C(F)(F)F. The lowest BCUT2D eigenvalue weighted by atomic mass is 9.97. The Hall–Kier alpha value is -2.42. The van der Waals surface area contributed by atoms with Crippen LogP contribution < -0.4 is 5.01 Å². The van der Waals surface area contributed by atoms with Crippen LogP contribution in [-0.4, -0.2) is 40.3 Å². The van der Waals surface area contributed by atoms with E-state index in [0.717, 1.165) is 46.7 Å². The average molecular weight is 422 g/mol. The summed E-state index contributed by atoms with van der Waals surface area (Å²) < 4.78 is 42.2. The molecular formula is C20H21F3N4OS. The number of carbonyl (C=O) groups is 1. The Morgan fingerprint density at radius 1 is 1.28 bits per heavy atom. The maximum absolute atomic E-state index is 13.8. The Kier molecular flexibility index (Phi) is 5.10. The molecule has 4 rings (SSSR count). The van der Waals surface area contributed by atoms with Gasteiger partial charge in [0.25, 0.3) is 5.91 Å². The maximum atomic E-state index is 13.8. The summed E-state index contributed by atoms with van der Waals surface area (Å²) in [6, 6.07) is 7.31. The quantitative estimate of drug-likeness (QED) is 0.647. The van der Waals surface area contributed by atoms with Crippen molar-refractivity contribution >= 4 is 38.3 Å². The molecule has 5 nitrogen and oxygen atoms in total. The van der Waals surface area contributed by atoms with E-state index >= 15 is 0 Å². The predicted octanol–water partition coefficient (Wildman–Crippen LogP) is 5.10. The number of halogens is 3. The smallest absolute Gasteiger partial charge is 0.371 e. The lowest BCUT2D eigenvalue weighted by Gasteiger charge is -2.38. The zero-order chi connectivity index (χ0) is 20.8. The van der Waals surface area contributed by atoms with E-state index in [1.807, 2.05) is 24.0 Å². The number of allylic oxidation sites excluding steroid dienone is 1. The summed E-state index contributed by atoms with van der Waals surface area (Å²) in [6.45, 7) is 4.27. The standard InChI is InChI=1S/C20H21F3N4OS/c1-3-13-8-6-7-11-26(13)12(2)16-17(20(21,22)23)25-27(18(16)28)19-24-14-9-4-5-10-15(14)29-19/h4-5,9-10,13H,3,6-8,11H2,1-2H3/b16-12+/t13-/m0/s1. The lowest BCUT2D eigenvalue weighted by molar-refractivity contribution is -0.114. The first-order chi connectivity index (χ1) is 13.8. The van der Waals surface area contributed by atoms with Crippen LogP contribution in [0.25, 0.3) is 10.2 Å². The third-order valence-electron chi connectivity index (χ3n) is 5.47. The van der Waals surface area contributed by atoms with Crippen LogP contribution in [0.4, 0.5) is 18.3 Å². The van der Waals surface area contributed by atoms with Crippen molar-refractivity contribution in [2.24, 2.45) is 5.10 Å². The highest BCUT2D eigenvalue weighted by atomic mass is 32.1. The van der Waals surface area contributed by atoms with Gasteiger partial charge in [0.05, 0.1) is 15.8 Å². The topological polar surface area (TPSA) is 48.8 Å². The molecule has 1 aromatic heterocycles. The molecule has 1 aromatic carbocycles. The van der Waals surface area contributed by atoms with Gasteiger partial charge in [0.1, 0.15) is 0 Å². The molecule has 0 N–H and O–H groups in total. The number of hydrogen-bond donors (Lipinski definition) is 0. The molecule has 29 heavy (non-hydrogen) atoms. The molecule has 2 aliphatic rings. The van der Waals surface area contributed by atoms with Crippen LogP contribution in [-0.2, 0) is 4.79 Å². The summed E-state index contributed by atoms with van der Waals surface area (Å²) in [6.07, 6.45) is -1.05. The van der Waals surface area contributed by atoms with Gasteiger partial charge in [-0.05, 0) is 44.7 Å². The van der Waals surface area contributed by atoms with Crippen molar-refractivity contribution < 1.29 is 18.0 Å². The summed E-state index contributed by atoms with van der Waals surface area (Å²) in [4.78, 5) is 19.4. The highest BCUT2D eigenvalue weighted by Crippen LogP contribution is 2.38. The molecule has 1 fully saturated rings. The van der Waals surface area contributed by atoms with Gasteiger partial charge in [-0.25, -0.2) is 4.98 Å². The monoisotopic (exact) mass is 422 g/mol. The number of thiazole rings is 1. The number of piperidine rings is 1. The molecule has 0 spiro atoms. The molecule has 3 heterocycles. The number of carbonyl (C=O) groups excluding carboxylic acids is 1. The first-order valence-electron chi connectivity index (χ1n) is 9.65. The van der Waals surface area contributed by atoms with Crippen molar-refractivity contribution in [2.75, 3.05) is 11.6 Å². The third kappa shape index (κ3) is 3.52. The normalized spacial score (nSPS) is 22.4. The second-order valence-corrected chi connectivity index (χ2v) is 8.25. The number of anilines is 1. The van der Waals surface area contributed by atoms with Gasteiger partial charge in [-0.3, -0.25) is 4.79 Å². The summed E-state index contributed by atoms with van der Waals surface area (Å²) in [5.41, 5.74) is -0.529. The van der Waals surface area contributed by atoms with E-state index in [1.165, 1.54) is 0 Å². The van der Waals surface area contributed by atoms with E-state index in [0.29, 0.717) is 17.8 Å². The fraction of sp³-hybridized carbons (Fsp3) is 0.450. The molecule has 2 aromatic rings. The van der Waals surface area contributed by atoms with Gasteiger partial charge in [0.2, 0.25) is 5.13 Å². The number of hydrazone groups is 1. The number of likely N-dealkylation sites (tertiary alicyclic amines) is 1. The van der Waals surface area contributed by atoms with Crippen molar-refractivity contribution in [2.45, 2.75) is 51.7 Å². The molecule has 2 aliphatic heterocycles. The van der Waals surface area contributed by atoms with Crippen LogP contribution in [0, 0.1) is 0 Å². The van der Waals surface area contributed by atoms with Gasteiger partial charge in [0, 0.05) is 18.3 Å². The van der Waals surface area contributed by atoms with E-state index in [4.69, 9.17) is 0 Å². The molecule has 0 aliphatic carbocycles. The number of alkyl halides is 3. The molecule has 1 amide bonds. The summed E-state index contributed by atoms with van der Waals surface area (Å²) >= 11 is 1.15. The van der Waals surface area contributed by atoms with E-state index in [-0.39, 0.29) is 16.7 Å². The van der Waals surface area contributed by atoms with Gasteiger partial charge < -0.3 is 4.90 Å². The van der Waals surface area contributed by atoms with Gasteiger partial charge in [-0.2, -0.15) is 23.3 Å². The van der Waals surface area contributed by atoms with Crippen molar-refractivity contribution in [1.82, 2.24) is 9.88 Å². The molecule has 0 unspecified atom stereocenters. The van der Waals surface area contributed by atoms with Crippen molar-refractivity contribution in [3.63, 3.8) is 0 Å². The Morgan fingerprint density at radius 3 is 2.72 bits per heavy atom. The highest BCUT2D eigenvalue weighted by Gasteiger charge is 2.49. The minimum absolute atomic E-state index is 0.134. The number of amides is 1. The molecule has 1 saturated heterocycles. The van der Waals surface area contributed by atoms with Crippen molar-refractivity contribution in [3.05, 3.63) is 35.5 Å². The van der Waals surface area contributed by atoms with Gasteiger partial charge in [0.15, 0.2) is 5.71 Å². The Morgan fingerprint density at radius 2 is 2.03 bits per heavy atom. The summed E-state index contributed by atoms with van der Waals surface area (Å²) in [5.74, 6) is -0.769. The zero-order valence-corrected chi connectivity index (χ0v) is 17.0. The summed E-state index contributed by atoms with van der Waals surface area (Å²) in [7, 11) is 0. The largest absolute Gasteiger partial charge is 0.436 e. The fourth-order valence-corrected chi connectivity index (χ4v) is 4.93. The van der Waals surface area contributed by atoms with Crippen LogP contribution in [0.1, 0.15) is 39.5 Å². The van der Waals surface area contributed by atoms with E-state index in [1.54, 1.807) is 19.1 Å². The first kappa shape index (κ1) is 19.9.